The molecule has 0 aromatic heterocycles. The predicted molar refractivity (Wildman–Crippen MR) is 108 cm³/mol. The molecule has 2 unspecified atom stereocenters. The molecule has 0 saturated carbocycles. The molecule has 4 rings (SSSR count). The Bertz CT molecular complexity index is 1030. The number of nitrogens with zero attached hydrogens (tertiary/aromatic N) is 1. The Balaban J connectivity index is 1.82. The van der Waals surface area contributed by atoms with E-state index in [4.69, 9.17) is 9.47 Å². The van der Waals surface area contributed by atoms with E-state index in [1.165, 1.54) is 36.3 Å². The van der Waals surface area contributed by atoms with E-state index in [9.17, 15) is 19.1 Å². The number of methoxy groups -OCH3 is 1. The minimum atomic E-state index is -0.829. The van der Waals surface area contributed by atoms with Gasteiger partial charge in [-0.25, -0.2) is 4.39 Å². The van der Waals surface area contributed by atoms with Gasteiger partial charge in [-0.3, -0.25) is 9.59 Å². The number of Topliss-reactive ketones (excluding diaryl/α,β-unsaturated/α-hetero) is 1. The van der Waals surface area contributed by atoms with Crippen molar-refractivity contribution in [1.29, 1.82) is 0 Å². The number of halogens is 1. The molecule has 2 aromatic rings. The van der Waals surface area contributed by atoms with Gasteiger partial charge in [0.05, 0.1) is 18.2 Å². The van der Waals surface area contributed by atoms with Gasteiger partial charge in [0.1, 0.15) is 23.4 Å². The second-order valence-corrected chi connectivity index (χ2v) is 7.49. The van der Waals surface area contributed by atoms with Gasteiger partial charge in [0.2, 0.25) is 0 Å². The van der Waals surface area contributed by atoms with Crippen molar-refractivity contribution < 1.29 is 28.6 Å². The lowest BCUT2D eigenvalue weighted by Crippen LogP contribution is -2.32. The van der Waals surface area contributed by atoms with E-state index >= 15 is 0 Å². The number of aliphatic hydroxyl groups is 1. The molecule has 2 atom stereocenters. The Morgan fingerprint density at radius 2 is 1.97 bits per heavy atom. The summed E-state index contributed by atoms with van der Waals surface area (Å²) in [6.45, 7) is 2.34. The summed E-state index contributed by atoms with van der Waals surface area (Å²) in [4.78, 5) is 27.0. The normalized spacial score (nSPS) is 22.3. The monoisotopic (exact) mass is 411 g/mol. The number of aliphatic hydroxyl groups excluding tert-OH is 1. The largest absolute Gasteiger partial charge is 0.507 e. The molecule has 156 valence electrons. The van der Waals surface area contributed by atoms with Crippen LogP contribution in [-0.2, 0) is 20.7 Å². The highest BCUT2D eigenvalue weighted by atomic mass is 19.1. The second-order valence-electron chi connectivity index (χ2n) is 7.49. The molecule has 7 heteroatoms. The van der Waals surface area contributed by atoms with Crippen LogP contribution in [-0.4, -0.2) is 48.1 Å². The lowest BCUT2D eigenvalue weighted by molar-refractivity contribution is -0.140. The smallest absolute Gasteiger partial charge is 0.295 e. The SMILES string of the molecule is COCCN1C(=O)C(=O)C(=C(O)c2ccc3c(c2)CC(C)O3)C1c1ccc(F)cc1. The van der Waals surface area contributed by atoms with Crippen molar-refractivity contribution in [3.8, 4) is 5.75 Å². The minimum absolute atomic E-state index is 0.0189. The van der Waals surface area contributed by atoms with Gasteiger partial charge >= 0.3 is 0 Å². The molecule has 2 aromatic carbocycles. The van der Waals surface area contributed by atoms with E-state index in [1.807, 2.05) is 6.92 Å². The molecule has 2 heterocycles. The number of ether oxygens (including phenoxy) is 2. The maximum Gasteiger partial charge on any atom is 0.295 e. The zero-order valence-corrected chi connectivity index (χ0v) is 16.7. The minimum Gasteiger partial charge on any atom is -0.507 e. The molecule has 1 N–H and O–H groups in total. The molecule has 2 aliphatic rings. The van der Waals surface area contributed by atoms with Crippen LogP contribution >= 0.6 is 0 Å². The van der Waals surface area contributed by atoms with E-state index in [0.717, 1.165) is 11.3 Å². The van der Waals surface area contributed by atoms with Crippen molar-refractivity contribution in [3.05, 3.63) is 70.5 Å². The van der Waals surface area contributed by atoms with Crippen LogP contribution in [0.4, 0.5) is 4.39 Å². The van der Waals surface area contributed by atoms with Crippen LogP contribution in [0.1, 0.15) is 29.7 Å². The number of ketones is 1. The Labute approximate surface area is 173 Å². The number of likely N-dealkylation sites (tertiary alicyclic amines) is 1. The fraction of sp³-hybridized carbons (Fsp3) is 0.304. The number of hydrogen-bond acceptors (Lipinski definition) is 5. The maximum atomic E-state index is 13.5. The highest BCUT2D eigenvalue weighted by molar-refractivity contribution is 6.46. The fourth-order valence-corrected chi connectivity index (χ4v) is 4.02. The Hall–Kier alpha value is -3.19. The molecule has 1 fully saturated rings. The third-order valence-electron chi connectivity index (χ3n) is 5.43. The summed E-state index contributed by atoms with van der Waals surface area (Å²) in [5.41, 5.74) is 1.88. The number of carbonyl (C=O) groups is 2. The van der Waals surface area contributed by atoms with E-state index in [0.29, 0.717) is 17.5 Å². The van der Waals surface area contributed by atoms with Crippen molar-refractivity contribution in [2.75, 3.05) is 20.3 Å². The summed E-state index contributed by atoms with van der Waals surface area (Å²) in [5.74, 6) is -1.44. The zero-order chi connectivity index (χ0) is 21.4. The summed E-state index contributed by atoms with van der Waals surface area (Å²) in [7, 11) is 1.50. The molecule has 0 radical (unpaired) electrons. The van der Waals surface area contributed by atoms with E-state index < -0.39 is 23.5 Å². The third-order valence-corrected chi connectivity index (χ3v) is 5.43. The highest BCUT2D eigenvalue weighted by Crippen LogP contribution is 2.40. The average Bonchev–Trinajstić information content (AvgIpc) is 3.22. The van der Waals surface area contributed by atoms with E-state index in [1.54, 1.807) is 18.2 Å². The molecule has 6 nitrogen and oxygen atoms in total. The van der Waals surface area contributed by atoms with Gasteiger partial charge in [0, 0.05) is 25.6 Å². The summed E-state index contributed by atoms with van der Waals surface area (Å²) >= 11 is 0. The Morgan fingerprint density at radius 3 is 2.67 bits per heavy atom. The van der Waals surface area contributed by atoms with Gasteiger partial charge in [-0.05, 0) is 48.4 Å². The first-order chi connectivity index (χ1) is 14.4. The van der Waals surface area contributed by atoms with Crippen molar-refractivity contribution in [2.45, 2.75) is 25.5 Å². The molecule has 2 aliphatic heterocycles. The number of rotatable bonds is 5. The summed E-state index contributed by atoms with van der Waals surface area (Å²) < 4.78 is 24.2. The first kappa shape index (κ1) is 20.1. The van der Waals surface area contributed by atoms with Crippen LogP contribution in [0, 0.1) is 5.82 Å². The molecule has 1 saturated heterocycles. The summed E-state index contributed by atoms with van der Waals surface area (Å²) in [6.07, 6.45) is 0.733. The predicted octanol–water partition coefficient (Wildman–Crippen LogP) is 3.22. The lowest BCUT2D eigenvalue weighted by Gasteiger charge is -2.25. The van der Waals surface area contributed by atoms with Gasteiger partial charge in [0.25, 0.3) is 11.7 Å². The number of fused-ring (bicyclic) bond motifs is 1. The summed E-state index contributed by atoms with van der Waals surface area (Å²) in [5, 5.41) is 11.1. The number of hydrogen-bond donors (Lipinski definition) is 1. The molecule has 0 spiro atoms. The van der Waals surface area contributed by atoms with Crippen molar-refractivity contribution in [1.82, 2.24) is 4.90 Å². The van der Waals surface area contributed by atoms with Crippen molar-refractivity contribution in [3.63, 3.8) is 0 Å². The van der Waals surface area contributed by atoms with Crippen LogP contribution in [0.15, 0.2) is 48.0 Å². The molecule has 0 bridgehead atoms. The van der Waals surface area contributed by atoms with Crippen LogP contribution in [0.25, 0.3) is 5.76 Å². The first-order valence-corrected chi connectivity index (χ1v) is 9.73. The second kappa shape index (κ2) is 7.91. The maximum absolute atomic E-state index is 13.5. The lowest BCUT2D eigenvalue weighted by atomic mass is 9.94. The van der Waals surface area contributed by atoms with Crippen LogP contribution in [0.5, 0.6) is 5.75 Å². The van der Waals surface area contributed by atoms with Crippen molar-refractivity contribution in [2.24, 2.45) is 0 Å². The molecular weight excluding hydrogens is 389 g/mol. The van der Waals surface area contributed by atoms with Gasteiger partial charge in [-0.2, -0.15) is 0 Å². The van der Waals surface area contributed by atoms with Crippen LogP contribution < -0.4 is 4.74 Å². The first-order valence-electron chi connectivity index (χ1n) is 9.73. The van der Waals surface area contributed by atoms with Gasteiger partial charge in [0.15, 0.2) is 0 Å². The van der Waals surface area contributed by atoms with Gasteiger partial charge in [-0.1, -0.05) is 12.1 Å². The average molecular weight is 411 g/mol. The Kier molecular flexibility index (Phi) is 5.30. The number of amides is 1. The van der Waals surface area contributed by atoms with Crippen LogP contribution in [0.2, 0.25) is 0 Å². The molecular formula is C23H22FNO5. The fourth-order valence-electron chi connectivity index (χ4n) is 4.02. The van der Waals surface area contributed by atoms with Crippen molar-refractivity contribution >= 4 is 17.4 Å². The summed E-state index contributed by atoms with van der Waals surface area (Å²) in [6, 6.07) is 9.91. The highest BCUT2D eigenvalue weighted by Gasteiger charge is 2.46. The molecule has 30 heavy (non-hydrogen) atoms. The Morgan fingerprint density at radius 1 is 1.23 bits per heavy atom. The zero-order valence-electron chi connectivity index (χ0n) is 16.7. The molecule has 1 amide bonds. The third kappa shape index (κ3) is 3.45. The number of benzene rings is 2. The van der Waals surface area contributed by atoms with Gasteiger partial charge < -0.3 is 19.5 Å². The van der Waals surface area contributed by atoms with Crippen LogP contribution in [0.3, 0.4) is 0 Å². The standard InChI is InChI=1S/C23H22FNO5/c1-13-11-16-12-15(5-8-18(16)30-13)21(26)19-20(14-3-6-17(24)7-4-14)25(9-10-29-2)23(28)22(19)27/h3-8,12-13,20,26H,9-11H2,1-2H3. The van der Waals surface area contributed by atoms with E-state index in [-0.39, 0.29) is 30.6 Å². The van der Waals surface area contributed by atoms with E-state index in [2.05, 4.69) is 0 Å². The topological polar surface area (TPSA) is 76.1 Å². The molecule has 0 aliphatic carbocycles. The van der Waals surface area contributed by atoms with Gasteiger partial charge in [-0.15, -0.1) is 0 Å². The quantitative estimate of drug-likeness (QED) is 0.465. The number of carbonyl (C=O) groups excluding carboxylic acids is 2.